The van der Waals surface area contributed by atoms with E-state index in [1.165, 1.54) is 11.1 Å². The molecule has 21 heavy (non-hydrogen) atoms. The highest BCUT2D eigenvalue weighted by Crippen LogP contribution is 2.34. The predicted octanol–water partition coefficient (Wildman–Crippen LogP) is 3.55. The van der Waals surface area contributed by atoms with Crippen LogP contribution in [0.25, 0.3) is 0 Å². The zero-order chi connectivity index (χ0) is 14.8. The minimum Gasteiger partial charge on any atom is -0.399 e. The van der Waals surface area contributed by atoms with Crippen LogP contribution in [0.4, 0.5) is 5.69 Å². The number of anilines is 1. The molecule has 2 aromatic rings. The average Bonchev–Trinajstić information content (AvgIpc) is 2.97. The maximum Gasteiger partial charge on any atom is 0.254 e. The van der Waals surface area contributed by atoms with Gasteiger partial charge in [-0.2, -0.15) is 0 Å². The summed E-state index contributed by atoms with van der Waals surface area (Å²) in [5, 5.41) is 0. The smallest absolute Gasteiger partial charge is 0.254 e. The summed E-state index contributed by atoms with van der Waals surface area (Å²) < 4.78 is 0. The lowest BCUT2D eigenvalue weighted by Crippen LogP contribution is -2.30. The van der Waals surface area contributed by atoms with Crippen molar-refractivity contribution in [1.29, 1.82) is 0 Å². The van der Waals surface area contributed by atoms with Crippen molar-refractivity contribution in [2.24, 2.45) is 0 Å². The van der Waals surface area contributed by atoms with Crippen molar-refractivity contribution in [1.82, 2.24) is 4.90 Å². The van der Waals surface area contributed by atoms with Crippen LogP contribution in [0.15, 0.2) is 48.5 Å². The van der Waals surface area contributed by atoms with Gasteiger partial charge >= 0.3 is 0 Å². The lowest BCUT2D eigenvalue weighted by Gasteiger charge is -2.26. The summed E-state index contributed by atoms with van der Waals surface area (Å²) in [5.74, 6) is 0.0979. The fraction of sp³-hybridized carbons (Fsp3) is 0.278. The number of nitrogens with zero attached hydrogens (tertiary/aromatic N) is 1. The van der Waals surface area contributed by atoms with Gasteiger partial charge in [0.1, 0.15) is 0 Å². The van der Waals surface area contributed by atoms with Crippen LogP contribution in [0.2, 0.25) is 0 Å². The molecule has 0 aromatic heterocycles. The van der Waals surface area contributed by atoms with E-state index in [4.69, 9.17) is 5.73 Å². The molecule has 1 aliphatic rings. The molecule has 1 saturated heterocycles. The van der Waals surface area contributed by atoms with E-state index < -0.39 is 0 Å². The summed E-state index contributed by atoms with van der Waals surface area (Å²) in [4.78, 5) is 14.7. The molecule has 2 N–H and O–H groups in total. The van der Waals surface area contributed by atoms with Crippen molar-refractivity contribution < 1.29 is 4.79 Å². The average molecular weight is 280 g/mol. The molecule has 1 heterocycles. The number of aryl methyl sites for hydroxylation is 1. The van der Waals surface area contributed by atoms with Crippen molar-refractivity contribution in [2.75, 3.05) is 12.3 Å². The van der Waals surface area contributed by atoms with Crippen LogP contribution in [0.3, 0.4) is 0 Å². The number of nitrogen functional groups attached to an aromatic ring is 1. The van der Waals surface area contributed by atoms with E-state index >= 15 is 0 Å². The van der Waals surface area contributed by atoms with Crippen LogP contribution in [0, 0.1) is 6.92 Å². The molecule has 108 valence electrons. The van der Waals surface area contributed by atoms with E-state index in [1.807, 2.05) is 29.2 Å². The third-order valence-electron chi connectivity index (χ3n) is 4.22. The molecule has 3 nitrogen and oxygen atoms in total. The minimum absolute atomic E-state index is 0.0979. The molecule has 0 radical (unpaired) electrons. The second-order valence-electron chi connectivity index (χ2n) is 5.64. The minimum atomic E-state index is 0.0979. The van der Waals surface area contributed by atoms with Gasteiger partial charge in [-0.15, -0.1) is 0 Å². The fourth-order valence-electron chi connectivity index (χ4n) is 3.09. The summed E-state index contributed by atoms with van der Waals surface area (Å²) in [6, 6.07) is 15.7. The molecular formula is C18H20N2O. The first kappa shape index (κ1) is 13.7. The van der Waals surface area contributed by atoms with Gasteiger partial charge in [0.2, 0.25) is 0 Å². The Bertz CT molecular complexity index is 649. The maximum atomic E-state index is 12.7. The van der Waals surface area contributed by atoms with Crippen molar-refractivity contribution in [2.45, 2.75) is 25.8 Å². The molecule has 0 bridgehead atoms. The Hall–Kier alpha value is -2.29. The first-order valence-corrected chi connectivity index (χ1v) is 7.39. The predicted molar refractivity (Wildman–Crippen MR) is 85.0 cm³/mol. The van der Waals surface area contributed by atoms with Gasteiger partial charge in [-0.3, -0.25) is 4.79 Å². The molecule has 0 saturated carbocycles. The van der Waals surface area contributed by atoms with Crippen LogP contribution >= 0.6 is 0 Å². The maximum absolute atomic E-state index is 12.7. The highest BCUT2D eigenvalue weighted by molar-refractivity contribution is 5.95. The van der Waals surface area contributed by atoms with Gasteiger partial charge < -0.3 is 10.6 Å². The largest absolute Gasteiger partial charge is 0.399 e. The Balaban J connectivity index is 1.89. The Morgan fingerprint density at radius 3 is 2.57 bits per heavy atom. The van der Waals surface area contributed by atoms with E-state index in [1.54, 1.807) is 12.1 Å². The Labute approximate surface area is 125 Å². The third kappa shape index (κ3) is 2.64. The SMILES string of the molecule is Cc1ccccc1C1CCCN1C(=O)c1ccc(N)cc1. The molecule has 1 atom stereocenters. The molecule has 3 rings (SSSR count). The zero-order valence-corrected chi connectivity index (χ0v) is 12.3. The van der Waals surface area contributed by atoms with Gasteiger partial charge in [-0.25, -0.2) is 0 Å². The van der Waals surface area contributed by atoms with Gasteiger partial charge in [0.05, 0.1) is 6.04 Å². The van der Waals surface area contributed by atoms with Crippen LogP contribution in [-0.4, -0.2) is 17.4 Å². The summed E-state index contributed by atoms with van der Waals surface area (Å²) in [7, 11) is 0. The molecule has 0 spiro atoms. The number of carbonyl (C=O) groups is 1. The van der Waals surface area contributed by atoms with Crippen LogP contribution in [0.5, 0.6) is 0 Å². The lowest BCUT2D eigenvalue weighted by molar-refractivity contribution is 0.0735. The summed E-state index contributed by atoms with van der Waals surface area (Å²) in [5.41, 5.74) is 9.60. The van der Waals surface area contributed by atoms with E-state index in [0.29, 0.717) is 11.3 Å². The third-order valence-corrected chi connectivity index (χ3v) is 4.22. The molecule has 1 amide bonds. The first-order chi connectivity index (χ1) is 10.2. The Morgan fingerprint density at radius 2 is 1.86 bits per heavy atom. The summed E-state index contributed by atoms with van der Waals surface area (Å²) >= 11 is 0. The van der Waals surface area contributed by atoms with Crippen LogP contribution in [0.1, 0.15) is 40.4 Å². The number of likely N-dealkylation sites (tertiary alicyclic amines) is 1. The standard InChI is InChI=1S/C18H20N2O/c1-13-5-2-3-6-16(13)17-7-4-12-20(17)18(21)14-8-10-15(19)11-9-14/h2-3,5-6,8-11,17H,4,7,12,19H2,1H3. The molecule has 2 aromatic carbocycles. The van der Waals surface area contributed by atoms with Crippen molar-refractivity contribution in [3.63, 3.8) is 0 Å². The van der Waals surface area contributed by atoms with E-state index in [0.717, 1.165) is 19.4 Å². The second kappa shape index (κ2) is 5.60. The van der Waals surface area contributed by atoms with Gasteiger partial charge in [0, 0.05) is 17.8 Å². The van der Waals surface area contributed by atoms with Crippen LogP contribution in [-0.2, 0) is 0 Å². The zero-order valence-electron chi connectivity index (χ0n) is 12.3. The number of hydrogen-bond donors (Lipinski definition) is 1. The monoisotopic (exact) mass is 280 g/mol. The van der Waals surface area contributed by atoms with Crippen molar-refractivity contribution in [3.8, 4) is 0 Å². The lowest BCUT2D eigenvalue weighted by atomic mass is 9.99. The van der Waals surface area contributed by atoms with E-state index in [9.17, 15) is 4.79 Å². The van der Waals surface area contributed by atoms with Crippen LogP contribution < -0.4 is 5.73 Å². The topological polar surface area (TPSA) is 46.3 Å². The fourth-order valence-corrected chi connectivity index (χ4v) is 3.09. The molecule has 1 aliphatic heterocycles. The number of benzene rings is 2. The van der Waals surface area contributed by atoms with Gasteiger partial charge in [-0.1, -0.05) is 24.3 Å². The molecule has 0 aliphatic carbocycles. The van der Waals surface area contributed by atoms with E-state index in [2.05, 4.69) is 19.1 Å². The Kier molecular flexibility index (Phi) is 3.65. The highest BCUT2D eigenvalue weighted by Gasteiger charge is 2.31. The van der Waals surface area contributed by atoms with E-state index in [-0.39, 0.29) is 11.9 Å². The molecule has 3 heteroatoms. The Morgan fingerprint density at radius 1 is 1.14 bits per heavy atom. The molecule has 1 fully saturated rings. The first-order valence-electron chi connectivity index (χ1n) is 7.39. The number of amides is 1. The van der Waals surface area contributed by atoms with Gasteiger partial charge in [-0.05, 0) is 55.2 Å². The number of carbonyl (C=O) groups excluding carboxylic acids is 1. The summed E-state index contributed by atoms with van der Waals surface area (Å²) in [6.07, 6.45) is 2.09. The molecule has 1 unspecified atom stereocenters. The van der Waals surface area contributed by atoms with Crippen molar-refractivity contribution >= 4 is 11.6 Å². The van der Waals surface area contributed by atoms with Gasteiger partial charge in [0.25, 0.3) is 5.91 Å². The number of nitrogens with two attached hydrogens (primary N) is 1. The van der Waals surface area contributed by atoms with Crippen molar-refractivity contribution in [3.05, 3.63) is 65.2 Å². The normalized spacial score (nSPS) is 18.0. The summed E-state index contributed by atoms with van der Waals surface area (Å²) in [6.45, 7) is 2.93. The quantitative estimate of drug-likeness (QED) is 0.855. The second-order valence-corrected chi connectivity index (χ2v) is 5.64. The molecular weight excluding hydrogens is 260 g/mol. The van der Waals surface area contributed by atoms with Gasteiger partial charge in [0.15, 0.2) is 0 Å². The number of rotatable bonds is 2. The number of hydrogen-bond acceptors (Lipinski definition) is 2. The highest BCUT2D eigenvalue weighted by atomic mass is 16.2.